The Morgan fingerprint density at radius 1 is 1.02 bits per heavy atom. The standard InChI is InChI=1S/C34H26ClN3O6S/c1-5-43-31(41)29-19(4)36-33(45-29)38-30(40)28-26(27(39)22-14-17(2)18(3)15-25(22)44-28)34(38)23-8-6-7-9-24(23)37(32(34)42)16-20-10-12-21(35)13-11-20/h6-15H,5,16H2,1-4H3. The fraction of sp³-hybridized carbons (Fsp3) is 0.206. The first-order valence-corrected chi connectivity index (χ1v) is 15.5. The number of ether oxygens (including phenoxy) is 1. The molecule has 0 N–H and O–H groups in total. The lowest BCUT2D eigenvalue weighted by Gasteiger charge is -2.32. The summed E-state index contributed by atoms with van der Waals surface area (Å²) in [6.45, 7) is 7.39. The normalized spacial score (nSPS) is 17.0. The van der Waals surface area contributed by atoms with Gasteiger partial charge >= 0.3 is 5.97 Å². The van der Waals surface area contributed by atoms with Crippen molar-refractivity contribution in [2.24, 2.45) is 0 Å². The molecule has 0 saturated carbocycles. The van der Waals surface area contributed by atoms with Crippen molar-refractivity contribution >= 4 is 62.5 Å². The minimum Gasteiger partial charge on any atom is -0.462 e. The van der Waals surface area contributed by atoms with Crippen LogP contribution in [0.3, 0.4) is 0 Å². The number of rotatable bonds is 5. The van der Waals surface area contributed by atoms with E-state index >= 15 is 4.79 Å². The first kappa shape index (κ1) is 28.9. The van der Waals surface area contributed by atoms with Crippen LogP contribution in [0.15, 0.2) is 69.9 Å². The molecule has 1 unspecified atom stereocenters. The fourth-order valence-corrected chi connectivity index (χ4v) is 7.35. The van der Waals surface area contributed by atoms with Crippen molar-refractivity contribution in [3.8, 4) is 0 Å². The molecule has 5 aromatic rings. The number of hydrogen-bond donors (Lipinski definition) is 0. The van der Waals surface area contributed by atoms with Crippen LogP contribution in [0, 0.1) is 20.8 Å². The number of carbonyl (C=O) groups excluding carboxylic acids is 3. The molecule has 0 saturated heterocycles. The van der Waals surface area contributed by atoms with E-state index in [1.54, 1.807) is 67.3 Å². The minimum absolute atomic E-state index is 0.0688. The molecule has 45 heavy (non-hydrogen) atoms. The molecule has 226 valence electrons. The molecule has 1 spiro atoms. The van der Waals surface area contributed by atoms with Gasteiger partial charge in [0.1, 0.15) is 10.5 Å². The van der Waals surface area contributed by atoms with Gasteiger partial charge in [-0.1, -0.05) is 53.3 Å². The molecule has 3 aromatic carbocycles. The highest BCUT2D eigenvalue weighted by Gasteiger charge is 2.66. The fourth-order valence-electron chi connectivity index (χ4n) is 6.21. The van der Waals surface area contributed by atoms with E-state index in [1.165, 1.54) is 4.90 Å². The molecule has 0 radical (unpaired) electrons. The molecule has 7 rings (SSSR count). The maximum atomic E-state index is 15.1. The summed E-state index contributed by atoms with van der Waals surface area (Å²) in [6, 6.07) is 17.6. The summed E-state index contributed by atoms with van der Waals surface area (Å²) < 4.78 is 11.5. The van der Waals surface area contributed by atoms with Gasteiger partial charge in [0.25, 0.3) is 11.8 Å². The summed E-state index contributed by atoms with van der Waals surface area (Å²) in [5.41, 5.74) is 1.56. The van der Waals surface area contributed by atoms with Crippen LogP contribution in [0.4, 0.5) is 10.8 Å². The molecule has 0 aliphatic carbocycles. The van der Waals surface area contributed by atoms with Gasteiger partial charge in [0.15, 0.2) is 16.1 Å². The zero-order chi connectivity index (χ0) is 31.8. The van der Waals surface area contributed by atoms with Crippen LogP contribution in [0.25, 0.3) is 11.0 Å². The van der Waals surface area contributed by atoms with E-state index in [9.17, 15) is 14.4 Å². The molecule has 2 aromatic heterocycles. The van der Waals surface area contributed by atoms with Gasteiger partial charge in [-0.25, -0.2) is 9.78 Å². The van der Waals surface area contributed by atoms with Crippen LogP contribution >= 0.6 is 22.9 Å². The average molecular weight is 640 g/mol. The number of aryl methyl sites for hydroxylation is 3. The van der Waals surface area contributed by atoms with Crippen molar-refractivity contribution in [3.05, 3.63) is 120 Å². The number of carbonyl (C=O) groups is 3. The average Bonchev–Trinajstić information content (AvgIpc) is 3.60. The Kier molecular flexibility index (Phi) is 6.68. The monoisotopic (exact) mass is 639 g/mol. The van der Waals surface area contributed by atoms with E-state index in [1.807, 2.05) is 26.0 Å². The lowest BCUT2D eigenvalue weighted by atomic mass is 9.84. The quantitative estimate of drug-likeness (QED) is 0.203. The zero-order valence-electron chi connectivity index (χ0n) is 24.8. The summed E-state index contributed by atoms with van der Waals surface area (Å²) in [6.07, 6.45) is 0. The van der Waals surface area contributed by atoms with Crippen LogP contribution < -0.4 is 15.2 Å². The topological polar surface area (TPSA) is 110 Å². The molecule has 0 bridgehead atoms. The highest BCUT2D eigenvalue weighted by Crippen LogP contribution is 2.55. The van der Waals surface area contributed by atoms with Gasteiger partial charge < -0.3 is 14.1 Å². The Balaban J connectivity index is 1.54. The first-order valence-electron chi connectivity index (χ1n) is 14.3. The second kappa shape index (κ2) is 10.4. The second-order valence-electron chi connectivity index (χ2n) is 11.1. The zero-order valence-corrected chi connectivity index (χ0v) is 26.3. The molecule has 9 nitrogen and oxygen atoms in total. The third-order valence-electron chi connectivity index (χ3n) is 8.43. The Hall–Kier alpha value is -4.80. The Bertz CT molecular complexity index is 2150. The van der Waals surface area contributed by atoms with E-state index in [0.717, 1.165) is 28.0 Å². The second-order valence-corrected chi connectivity index (χ2v) is 12.5. The molecule has 2 aliphatic rings. The van der Waals surface area contributed by atoms with E-state index in [-0.39, 0.29) is 45.5 Å². The van der Waals surface area contributed by atoms with E-state index in [0.29, 0.717) is 22.0 Å². The van der Waals surface area contributed by atoms with E-state index in [4.69, 9.17) is 20.8 Å². The van der Waals surface area contributed by atoms with E-state index < -0.39 is 28.8 Å². The van der Waals surface area contributed by atoms with Crippen molar-refractivity contribution in [1.82, 2.24) is 4.98 Å². The number of aromatic nitrogens is 1. The van der Waals surface area contributed by atoms with Crippen molar-refractivity contribution in [1.29, 1.82) is 0 Å². The predicted molar refractivity (Wildman–Crippen MR) is 171 cm³/mol. The van der Waals surface area contributed by atoms with Gasteiger partial charge in [-0.05, 0) is 74.7 Å². The van der Waals surface area contributed by atoms with Gasteiger partial charge in [-0.2, -0.15) is 0 Å². The first-order chi connectivity index (χ1) is 21.6. The summed E-state index contributed by atoms with van der Waals surface area (Å²) >= 11 is 7.06. The Morgan fingerprint density at radius 2 is 1.73 bits per heavy atom. The lowest BCUT2D eigenvalue weighted by Crippen LogP contribution is -2.53. The van der Waals surface area contributed by atoms with Crippen molar-refractivity contribution in [2.45, 2.75) is 39.8 Å². The maximum Gasteiger partial charge on any atom is 0.350 e. The minimum atomic E-state index is -1.95. The van der Waals surface area contributed by atoms with Gasteiger partial charge in [0.05, 0.1) is 35.5 Å². The lowest BCUT2D eigenvalue weighted by molar-refractivity contribution is -0.121. The molecule has 4 heterocycles. The van der Waals surface area contributed by atoms with Gasteiger partial charge in [-0.3, -0.25) is 19.3 Å². The number of para-hydroxylation sites is 1. The Labute approximate surface area is 266 Å². The number of nitrogens with zero attached hydrogens (tertiary/aromatic N) is 3. The number of esters is 1. The van der Waals surface area contributed by atoms with Gasteiger partial charge in [0.2, 0.25) is 5.76 Å². The van der Waals surface area contributed by atoms with E-state index in [2.05, 4.69) is 4.98 Å². The molecule has 2 amide bonds. The third-order valence-corrected chi connectivity index (χ3v) is 9.81. The third kappa shape index (κ3) is 4.09. The number of amides is 2. The summed E-state index contributed by atoms with van der Waals surface area (Å²) in [5.74, 6) is -2.06. The van der Waals surface area contributed by atoms with Crippen LogP contribution in [0.1, 0.15) is 60.7 Å². The number of halogens is 1. The van der Waals surface area contributed by atoms with Crippen LogP contribution in [0.5, 0.6) is 0 Å². The van der Waals surface area contributed by atoms with Gasteiger partial charge in [0, 0.05) is 10.6 Å². The van der Waals surface area contributed by atoms with Crippen molar-refractivity contribution in [3.63, 3.8) is 0 Å². The molecule has 11 heteroatoms. The molecule has 2 aliphatic heterocycles. The summed E-state index contributed by atoms with van der Waals surface area (Å²) in [4.78, 5) is 64.6. The summed E-state index contributed by atoms with van der Waals surface area (Å²) in [5, 5.41) is 0.880. The summed E-state index contributed by atoms with van der Waals surface area (Å²) in [7, 11) is 0. The number of anilines is 2. The Morgan fingerprint density at radius 3 is 2.47 bits per heavy atom. The van der Waals surface area contributed by atoms with Crippen molar-refractivity contribution < 1.29 is 23.5 Å². The molecule has 0 fully saturated rings. The maximum absolute atomic E-state index is 15.1. The number of benzene rings is 3. The SMILES string of the molecule is CCOC(=O)c1sc(N2C(=O)c3oc4cc(C)c(C)cc4c(=O)c3C23C(=O)N(Cc2ccc(Cl)cc2)c2ccccc23)nc1C. The predicted octanol–water partition coefficient (Wildman–Crippen LogP) is 6.46. The highest BCUT2D eigenvalue weighted by atomic mass is 35.5. The number of thiazole rings is 1. The number of fused-ring (bicyclic) bond motifs is 5. The van der Waals surface area contributed by atoms with Crippen LogP contribution in [-0.2, 0) is 21.6 Å². The highest BCUT2D eigenvalue weighted by molar-refractivity contribution is 7.17. The number of hydrogen-bond acceptors (Lipinski definition) is 8. The van der Waals surface area contributed by atoms with Gasteiger partial charge in [-0.15, -0.1) is 0 Å². The smallest absolute Gasteiger partial charge is 0.350 e. The molecule has 1 atom stereocenters. The molecular formula is C34H26ClN3O6S. The van der Waals surface area contributed by atoms with Crippen LogP contribution in [-0.4, -0.2) is 29.4 Å². The largest absolute Gasteiger partial charge is 0.462 e. The van der Waals surface area contributed by atoms with Crippen LogP contribution in [0.2, 0.25) is 5.02 Å². The van der Waals surface area contributed by atoms with Crippen molar-refractivity contribution in [2.75, 3.05) is 16.4 Å². The molecular weight excluding hydrogens is 614 g/mol.